The summed E-state index contributed by atoms with van der Waals surface area (Å²) in [6.07, 6.45) is 4.08. The number of Topliss-reactive ketones (excluding diaryl/α,β-unsaturated/α-hetero) is 1. The SMILES string of the molecule is CCCC1(C(=O)c2ccc(C)cc2)CCCN1. The van der Waals surface area contributed by atoms with Gasteiger partial charge in [-0.05, 0) is 32.7 Å². The van der Waals surface area contributed by atoms with E-state index >= 15 is 0 Å². The fraction of sp³-hybridized carbons (Fsp3) is 0.533. The molecule has 0 saturated carbocycles. The maximum absolute atomic E-state index is 12.6. The van der Waals surface area contributed by atoms with E-state index in [1.165, 1.54) is 5.56 Å². The lowest BCUT2D eigenvalue weighted by Crippen LogP contribution is -2.47. The molecule has 1 N–H and O–H groups in total. The second kappa shape index (κ2) is 5.01. The molecule has 0 aromatic heterocycles. The normalized spacial score (nSPS) is 23.9. The molecule has 0 spiro atoms. The van der Waals surface area contributed by atoms with E-state index in [-0.39, 0.29) is 11.3 Å². The van der Waals surface area contributed by atoms with E-state index in [1.807, 2.05) is 31.2 Å². The molecule has 1 unspecified atom stereocenters. The Morgan fingerprint density at radius 1 is 1.35 bits per heavy atom. The highest BCUT2D eigenvalue weighted by atomic mass is 16.1. The molecule has 0 amide bonds. The average molecular weight is 231 g/mol. The van der Waals surface area contributed by atoms with Gasteiger partial charge in [0.1, 0.15) is 0 Å². The van der Waals surface area contributed by atoms with Crippen LogP contribution in [0.3, 0.4) is 0 Å². The zero-order valence-electron chi connectivity index (χ0n) is 10.8. The van der Waals surface area contributed by atoms with Gasteiger partial charge in [-0.2, -0.15) is 0 Å². The Hall–Kier alpha value is -1.15. The number of nitrogens with one attached hydrogen (secondary N) is 1. The Bertz CT molecular complexity index is 388. The van der Waals surface area contributed by atoms with E-state index in [2.05, 4.69) is 12.2 Å². The van der Waals surface area contributed by atoms with Crippen LogP contribution in [0.1, 0.15) is 48.5 Å². The summed E-state index contributed by atoms with van der Waals surface area (Å²) in [5.74, 6) is 0.275. The van der Waals surface area contributed by atoms with E-state index in [0.717, 1.165) is 37.8 Å². The van der Waals surface area contributed by atoms with Crippen molar-refractivity contribution in [3.8, 4) is 0 Å². The summed E-state index contributed by atoms with van der Waals surface area (Å²) in [6.45, 7) is 5.16. The molecule has 1 saturated heterocycles. The van der Waals surface area contributed by atoms with Gasteiger partial charge >= 0.3 is 0 Å². The van der Waals surface area contributed by atoms with Crippen LogP contribution in [-0.2, 0) is 0 Å². The van der Waals surface area contributed by atoms with Crippen LogP contribution in [0.5, 0.6) is 0 Å². The maximum Gasteiger partial charge on any atom is 0.182 e. The number of hydrogen-bond acceptors (Lipinski definition) is 2. The zero-order valence-corrected chi connectivity index (χ0v) is 10.8. The van der Waals surface area contributed by atoms with Gasteiger partial charge in [0.2, 0.25) is 0 Å². The number of carbonyl (C=O) groups excluding carboxylic acids is 1. The van der Waals surface area contributed by atoms with Gasteiger partial charge in [0.25, 0.3) is 0 Å². The summed E-state index contributed by atoms with van der Waals surface area (Å²) in [7, 11) is 0. The van der Waals surface area contributed by atoms with Crippen molar-refractivity contribution in [1.82, 2.24) is 5.32 Å². The van der Waals surface area contributed by atoms with Gasteiger partial charge in [-0.25, -0.2) is 0 Å². The fourth-order valence-electron chi connectivity index (χ4n) is 2.73. The Kier molecular flexibility index (Phi) is 3.63. The van der Waals surface area contributed by atoms with Gasteiger partial charge in [0.05, 0.1) is 5.54 Å². The number of carbonyl (C=O) groups is 1. The molecule has 1 aliphatic heterocycles. The van der Waals surface area contributed by atoms with Crippen LogP contribution in [0, 0.1) is 6.92 Å². The van der Waals surface area contributed by atoms with E-state index in [9.17, 15) is 4.79 Å². The Morgan fingerprint density at radius 3 is 2.59 bits per heavy atom. The topological polar surface area (TPSA) is 29.1 Å². The third kappa shape index (κ3) is 2.42. The first-order valence-electron chi connectivity index (χ1n) is 6.54. The van der Waals surface area contributed by atoms with Gasteiger partial charge in [-0.1, -0.05) is 43.2 Å². The van der Waals surface area contributed by atoms with Crippen molar-refractivity contribution in [2.24, 2.45) is 0 Å². The van der Waals surface area contributed by atoms with Crippen molar-refractivity contribution >= 4 is 5.78 Å². The molecule has 1 aliphatic rings. The minimum Gasteiger partial charge on any atom is -0.305 e. The molecule has 0 aliphatic carbocycles. The quantitative estimate of drug-likeness (QED) is 0.807. The summed E-state index contributed by atoms with van der Waals surface area (Å²) in [6, 6.07) is 7.94. The van der Waals surface area contributed by atoms with Gasteiger partial charge in [-0.3, -0.25) is 4.79 Å². The second-order valence-corrected chi connectivity index (χ2v) is 5.06. The monoisotopic (exact) mass is 231 g/mol. The van der Waals surface area contributed by atoms with Gasteiger partial charge in [0.15, 0.2) is 5.78 Å². The first-order chi connectivity index (χ1) is 8.18. The third-order valence-corrected chi connectivity index (χ3v) is 3.67. The Morgan fingerprint density at radius 2 is 2.06 bits per heavy atom. The first kappa shape index (κ1) is 12.3. The van der Waals surface area contributed by atoms with Crippen LogP contribution >= 0.6 is 0 Å². The molecule has 0 bridgehead atoms. The summed E-state index contributed by atoms with van der Waals surface area (Å²) in [4.78, 5) is 12.6. The van der Waals surface area contributed by atoms with Crippen molar-refractivity contribution in [3.05, 3.63) is 35.4 Å². The standard InChI is InChI=1S/C15H21NO/c1-3-9-15(10-4-11-16-15)14(17)13-7-5-12(2)6-8-13/h5-8,16H,3-4,9-11H2,1-2H3. The number of ketones is 1. The van der Waals surface area contributed by atoms with Crippen molar-refractivity contribution in [1.29, 1.82) is 0 Å². The second-order valence-electron chi connectivity index (χ2n) is 5.06. The third-order valence-electron chi connectivity index (χ3n) is 3.67. The summed E-state index contributed by atoms with van der Waals surface area (Å²) < 4.78 is 0. The molecule has 1 atom stereocenters. The number of hydrogen-bond donors (Lipinski definition) is 1. The molecule has 1 heterocycles. The zero-order chi connectivity index (χ0) is 12.3. The lowest BCUT2D eigenvalue weighted by molar-refractivity contribution is 0.0857. The molecule has 1 aromatic carbocycles. The van der Waals surface area contributed by atoms with E-state index in [0.29, 0.717) is 0 Å². The number of benzene rings is 1. The predicted octanol–water partition coefficient (Wildman–Crippen LogP) is 3.10. The molecule has 2 nitrogen and oxygen atoms in total. The van der Waals surface area contributed by atoms with Crippen molar-refractivity contribution in [2.75, 3.05) is 6.54 Å². The maximum atomic E-state index is 12.6. The van der Waals surface area contributed by atoms with Crippen molar-refractivity contribution < 1.29 is 4.79 Å². The van der Waals surface area contributed by atoms with Gasteiger partial charge < -0.3 is 5.32 Å². The van der Waals surface area contributed by atoms with Crippen molar-refractivity contribution in [2.45, 2.75) is 45.1 Å². The minimum atomic E-state index is -0.288. The Labute approximate surface area is 103 Å². The molecule has 17 heavy (non-hydrogen) atoms. The smallest absolute Gasteiger partial charge is 0.182 e. The highest BCUT2D eigenvalue weighted by molar-refractivity contribution is 6.03. The molecule has 0 radical (unpaired) electrons. The average Bonchev–Trinajstić information content (AvgIpc) is 2.79. The molecular weight excluding hydrogens is 210 g/mol. The van der Waals surface area contributed by atoms with Crippen LogP contribution in [0.2, 0.25) is 0 Å². The van der Waals surface area contributed by atoms with Crippen molar-refractivity contribution in [3.63, 3.8) is 0 Å². The van der Waals surface area contributed by atoms with Crippen LogP contribution in [-0.4, -0.2) is 17.9 Å². The van der Waals surface area contributed by atoms with E-state index < -0.39 is 0 Å². The van der Waals surface area contributed by atoms with E-state index in [4.69, 9.17) is 0 Å². The first-order valence-corrected chi connectivity index (χ1v) is 6.54. The summed E-state index contributed by atoms with van der Waals surface area (Å²) in [5.41, 5.74) is 1.76. The van der Waals surface area contributed by atoms with Crippen LogP contribution in [0.4, 0.5) is 0 Å². The lowest BCUT2D eigenvalue weighted by atomic mass is 9.84. The van der Waals surface area contributed by atoms with Gasteiger partial charge in [0, 0.05) is 5.56 Å². The van der Waals surface area contributed by atoms with E-state index in [1.54, 1.807) is 0 Å². The predicted molar refractivity (Wildman–Crippen MR) is 70.4 cm³/mol. The summed E-state index contributed by atoms with van der Waals surface area (Å²) in [5, 5.41) is 3.43. The van der Waals surface area contributed by atoms with Gasteiger partial charge in [-0.15, -0.1) is 0 Å². The number of aryl methyl sites for hydroxylation is 1. The highest BCUT2D eigenvalue weighted by Gasteiger charge is 2.39. The highest BCUT2D eigenvalue weighted by Crippen LogP contribution is 2.28. The molecule has 2 rings (SSSR count). The van der Waals surface area contributed by atoms with Crippen LogP contribution < -0.4 is 5.32 Å². The molecule has 2 heteroatoms. The number of rotatable bonds is 4. The molecule has 1 fully saturated rings. The lowest BCUT2D eigenvalue weighted by Gasteiger charge is -2.27. The largest absolute Gasteiger partial charge is 0.305 e. The fourth-order valence-corrected chi connectivity index (χ4v) is 2.73. The van der Waals surface area contributed by atoms with Crippen LogP contribution in [0.25, 0.3) is 0 Å². The minimum absolute atomic E-state index is 0.275. The Balaban J connectivity index is 2.25. The van der Waals surface area contributed by atoms with Crippen LogP contribution in [0.15, 0.2) is 24.3 Å². The molecule has 92 valence electrons. The molecular formula is C15H21NO. The molecule has 1 aromatic rings. The summed E-state index contributed by atoms with van der Waals surface area (Å²) >= 11 is 0.